The molecule has 0 fully saturated rings. The summed E-state index contributed by atoms with van der Waals surface area (Å²) >= 11 is 0. The van der Waals surface area contributed by atoms with E-state index >= 15 is 0 Å². The molecule has 0 amide bonds. The van der Waals surface area contributed by atoms with Crippen LogP contribution in [-0.4, -0.2) is 21.1 Å². The van der Waals surface area contributed by atoms with Gasteiger partial charge in [0.2, 0.25) is 11.8 Å². The summed E-state index contributed by atoms with van der Waals surface area (Å²) in [5, 5.41) is 18.6. The number of carbonyl (C=O) groups is 1. The molecule has 0 aliphatic heterocycles. The monoisotopic (exact) mass is 337 g/mol. The summed E-state index contributed by atoms with van der Waals surface area (Å²) in [7, 11) is 0. The third kappa shape index (κ3) is 3.58. The lowest BCUT2D eigenvalue weighted by Crippen LogP contribution is -2.02. The first-order valence-corrected chi connectivity index (χ1v) is 7.10. The molecule has 0 N–H and O–H groups in total. The zero-order valence-electron chi connectivity index (χ0n) is 12.8. The zero-order chi connectivity index (χ0) is 17.8. The topological polar surface area (TPSA) is 108 Å². The van der Waals surface area contributed by atoms with E-state index in [0.29, 0.717) is 16.9 Å². The van der Waals surface area contributed by atoms with Gasteiger partial charge in [-0.15, -0.1) is 10.2 Å². The van der Waals surface area contributed by atoms with Crippen LogP contribution in [0.2, 0.25) is 0 Å². The van der Waals surface area contributed by atoms with Crippen LogP contribution in [0.5, 0.6) is 5.75 Å². The van der Waals surface area contributed by atoms with Crippen LogP contribution in [0.15, 0.2) is 65.6 Å². The van der Waals surface area contributed by atoms with Crippen molar-refractivity contribution in [2.75, 3.05) is 0 Å². The summed E-state index contributed by atoms with van der Waals surface area (Å²) < 4.78 is 10.6. The number of carbonyl (C=O) groups excluding carboxylic acids is 1. The van der Waals surface area contributed by atoms with Crippen molar-refractivity contribution in [3.8, 4) is 28.7 Å². The van der Waals surface area contributed by atoms with E-state index in [0.717, 1.165) is 6.08 Å². The Kier molecular flexibility index (Phi) is 4.34. The Bertz CT molecular complexity index is 930. The molecular weight excluding hydrogens is 326 g/mol. The van der Waals surface area contributed by atoms with Gasteiger partial charge in [0.05, 0.1) is 4.92 Å². The van der Waals surface area contributed by atoms with Gasteiger partial charge in [0.1, 0.15) is 5.75 Å². The van der Waals surface area contributed by atoms with Crippen LogP contribution in [0.25, 0.3) is 22.9 Å². The Labute approximate surface area is 141 Å². The molecule has 0 atom stereocenters. The van der Waals surface area contributed by atoms with Gasteiger partial charge in [-0.1, -0.05) is 6.58 Å². The van der Waals surface area contributed by atoms with Crippen molar-refractivity contribution in [3.05, 3.63) is 71.3 Å². The molecule has 0 saturated carbocycles. The van der Waals surface area contributed by atoms with Crippen molar-refractivity contribution in [2.24, 2.45) is 0 Å². The average molecular weight is 337 g/mol. The first-order valence-electron chi connectivity index (χ1n) is 7.10. The minimum Gasteiger partial charge on any atom is -0.423 e. The minimum absolute atomic E-state index is 0.0202. The van der Waals surface area contributed by atoms with Crippen molar-refractivity contribution in [3.63, 3.8) is 0 Å². The third-order valence-electron chi connectivity index (χ3n) is 3.24. The molecule has 0 saturated heterocycles. The van der Waals surface area contributed by atoms with E-state index in [2.05, 4.69) is 16.8 Å². The predicted octanol–water partition coefficient (Wildman–Crippen LogP) is 3.40. The largest absolute Gasteiger partial charge is 0.423 e. The standard InChI is InChI=1S/C17H11N3O5/c1-2-15(21)24-14-9-5-12(6-10-14)17-19-18-16(25-17)11-3-7-13(8-4-11)20(22)23/h2-10H,1H2. The van der Waals surface area contributed by atoms with E-state index in [1.165, 1.54) is 24.3 Å². The van der Waals surface area contributed by atoms with Gasteiger partial charge in [-0.2, -0.15) is 0 Å². The molecule has 0 radical (unpaired) electrons. The van der Waals surface area contributed by atoms with Gasteiger partial charge in [0.15, 0.2) is 0 Å². The van der Waals surface area contributed by atoms with Crippen LogP contribution in [-0.2, 0) is 4.79 Å². The molecule has 124 valence electrons. The summed E-state index contributed by atoms with van der Waals surface area (Å²) in [6.45, 7) is 3.32. The maximum Gasteiger partial charge on any atom is 0.335 e. The van der Waals surface area contributed by atoms with Crippen molar-refractivity contribution >= 4 is 11.7 Å². The van der Waals surface area contributed by atoms with Gasteiger partial charge in [-0.25, -0.2) is 4.79 Å². The lowest BCUT2D eigenvalue weighted by molar-refractivity contribution is -0.384. The fourth-order valence-corrected chi connectivity index (χ4v) is 2.01. The molecule has 0 spiro atoms. The van der Waals surface area contributed by atoms with Crippen molar-refractivity contribution in [1.29, 1.82) is 0 Å². The summed E-state index contributed by atoms with van der Waals surface area (Å²) in [6, 6.07) is 12.3. The molecule has 3 aromatic rings. The fraction of sp³-hybridized carbons (Fsp3) is 0. The van der Waals surface area contributed by atoms with E-state index in [4.69, 9.17) is 9.15 Å². The average Bonchev–Trinajstić information content (AvgIpc) is 3.12. The molecule has 8 heteroatoms. The Morgan fingerprint density at radius 2 is 1.56 bits per heavy atom. The Balaban J connectivity index is 1.80. The first-order chi connectivity index (χ1) is 12.1. The fourth-order valence-electron chi connectivity index (χ4n) is 2.01. The van der Waals surface area contributed by atoms with Gasteiger partial charge in [-0.05, 0) is 36.4 Å². The van der Waals surface area contributed by atoms with Crippen LogP contribution in [0.4, 0.5) is 5.69 Å². The Morgan fingerprint density at radius 3 is 2.04 bits per heavy atom. The second-order valence-electron chi connectivity index (χ2n) is 4.87. The maximum atomic E-state index is 11.1. The molecule has 0 aliphatic carbocycles. The van der Waals surface area contributed by atoms with Crippen LogP contribution in [0.3, 0.4) is 0 Å². The molecule has 0 aliphatic rings. The minimum atomic E-state index is -0.550. The first kappa shape index (κ1) is 16.1. The lowest BCUT2D eigenvalue weighted by atomic mass is 10.2. The molecule has 3 rings (SSSR count). The lowest BCUT2D eigenvalue weighted by Gasteiger charge is -2.01. The highest BCUT2D eigenvalue weighted by Crippen LogP contribution is 2.26. The van der Waals surface area contributed by atoms with Crippen molar-refractivity contribution in [1.82, 2.24) is 10.2 Å². The molecule has 8 nitrogen and oxygen atoms in total. The molecule has 1 heterocycles. The highest BCUT2D eigenvalue weighted by molar-refractivity contribution is 5.83. The normalized spacial score (nSPS) is 10.2. The number of nitro groups is 1. The van der Waals surface area contributed by atoms with Crippen LogP contribution in [0, 0.1) is 10.1 Å². The van der Waals surface area contributed by atoms with Gasteiger partial charge >= 0.3 is 5.97 Å². The number of hydrogen-bond donors (Lipinski definition) is 0. The summed E-state index contributed by atoms with van der Waals surface area (Å²) in [6.07, 6.45) is 1.07. The van der Waals surface area contributed by atoms with E-state index in [1.807, 2.05) is 0 Å². The number of nitro benzene ring substituents is 1. The highest BCUT2D eigenvalue weighted by atomic mass is 16.6. The van der Waals surface area contributed by atoms with Gasteiger partial charge in [-0.3, -0.25) is 10.1 Å². The molecule has 0 unspecified atom stereocenters. The molecule has 0 bridgehead atoms. The van der Waals surface area contributed by atoms with E-state index in [9.17, 15) is 14.9 Å². The zero-order valence-corrected chi connectivity index (χ0v) is 12.8. The Morgan fingerprint density at radius 1 is 1.04 bits per heavy atom. The molecular formula is C17H11N3O5. The van der Waals surface area contributed by atoms with Crippen molar-refractivity contribution < 1.29 is 18.9 Å². The van der Waals surface area contributed by atoms with Crippen LogP contribution in [0.1, 0.15) is 0 Å². The second-order valence-corrected chi connectivity index (χ2v) is 4.87. The second kappa shape index (κ2) is 6.75. The van der Waals surface area contributed by atoms with E-state index in [-0.39, 0.29) is 17.5 Å². The molecule has 1 aromatic heterocycles. The van der Waals surface area contributed by atoms with Crippen molar-refractivity contribution in [2.45, 2.75) is 0 Å². The predicted molar refractivity (Wildman–Crippen MR) is 87.7 cm³/mol. The maximum absolute atomic E-state index is 11.1. The Hall–Kier alpha value is -3.81. The smallest absolute Gasteiger partial charge is 0.335 e. The number of ether oxygens (including phenoxy) is 1. The number of nitrogens with zero attached hydrogens (tertiary/aromatic N) is 3. The van der Waals surface area contributed by atoms with Gasteiger partial charge in [0.25, 0.3) is 5.69 Å². The third-order valence-corrected chi connectivity index (χ3v) is 3.24. The van der Waals surface area contributed by atoms with Crippen LogP contribution >= 0.6 is 0 Å². The summed E-state index contributed by atoms with van der Waals surface area (Å²) in [5.74, 6) is 0.330. The SMILES string of the molecule is C=CC(=O)Oc1ccc(-c2nnc(-c3ccc([N+](=O)[O-])cc3)o2)cc1. The molecule has 2 aromatic carbocycles. The quantitative estimate of drug-likeness (QED) is 0.231. The summed E-state index contributed by atoms with van der Waals surface area (Å²) in [5.41, 5.74) is 1.19. The number of aromatic nitrogens is 2. The highest BCUT2D eigenvalue weighted by Gasteiger charge is 2.12. The number of esters is 1. The number of non-ortho nitro benzene ring substituents is 1. The summed E-state index contributed by atoms with van der Waals surface area (Å²) in [4.78, 5) is 21.3. The van der Waals surface area contributed by atoms with E-state index in [1.54, 1.807) is 24.3 Å². The number of benzene rings is 2. The van der Waals surface area contributed by atoms with E-state index < -0.39 is 10.9 Å². The van der Waals surface area contributed by atoms with Gasteiger partial charge in [0, 0.05) is 29.3 Å². The molecule has 25 heavy (non-hydrogen) atoms. The number of rotatable bonds is 5. The number of hydrogen-bond acceptors (Lipinski definition) is 7. The van der Waals surface area contributed by atoms with Crippen LogP contribution < -0.4 is 4.74 Å². The van der Waals surface area contributed by atoms with Gasteiger partial charge < -0.3 is 9.15 Å².